The molecule has 7 heteroatoms. The first-order chi connectivity index (χ1) is 14.0. The molecule has 0 bridgehead atoms. The van der Waals surface area contributed by atoms with Crippen LogP contribution in [0.1, 0.15) is 6.42 Å². The number of ether oxygens (including phenoxy) is 2. The van der Waals surface area contributed by atoms with Crippen molar-refractivity contribution in [3.63, 3.8) is 0 Å². The third-order valence-corrected chi connectivity index (χ3v) is 5.88. The summed E-state index contributed by atoms with van der Waals surface area (Å²) in [7, 11) is -2.07. The quantitative estimate of drug-likeness (QED) is 0.598. The summed E-state index contributed by atoms with van der Waals surface area (Å²) in [5, 5.41) is 2.72. The number of hydrogen-bond acceptors (Lipinski definition) is 5. The summed E-state index contributed by atoms with van der Waals surface area (Å²) in [5.41, 5.74) is 0.475. The Balaban J connectivity index is 1.63. The fraction of sp³-hybridized carbons (Fsp3) is 0.136. The minimum atomic E-state index is -3.58. The highest BCUT2D eigenvalue weighted by Crippen LogP contribution is 2.29. The molecule has 0 aliphatic carbocycles. The van der Waals surface area contributed by atoms with Crippen LogP contribution in [-0.4, -0.2) is 27.2 Å². The minimum absolute atomic E-state index is 0.152. The van der Waals surface area contributed by atoms with Gasteiger partial charge in [-0.2, -0.15) is 0 Å². The Kier molecular flexibility index (Phi) is 6.51. The summed E-state index contributed by atoms with van der Waals surface area (Å²) in [4.78, 5) is 12.5. The van der Waals surface area contributed by atoms with Crippen LogP contribution >= 0.6 is 0 Å². The molecule has 0 atom stereocenters. The lowest BCUT2D eigenvalue weighted by atomic mass is 10.2. The van der Waals surface area contributed by atoms with Crippen LogP contribution < -0.4 is 14.8 Å². The monoisotopic (exact) mass is 411 g/mol. The lowest BCUT2D eigenvalue weighted by molar-refractivity contribution is -0.115. The van der Waals surface area contributed by atoms with Gasteiger partial charge in [-0.15, -0.1) is 0 Å². The number of para-hydroxylation sites is 3. The summed E-state index contributed by atoms with van der Waals surface area (Å²) in [6.07, 6.45) is -0.173. The maximum Gasteiger partial charge on any atom is 0.225 e. The fourth-order valence-corrected chi connectivity index (χ4v) is 3.86. The lowest BCUT2D eigenvalue weighted by Crippen LogP contribution is -2.17. The standard InChI is InChI=1S/C22H21NO5S/c1-27-17-11-13-19(14-12-17)29(25,26)16-15-22(24)23-20-9-5-6-10-21(20)28-18-7-3-2-4-8-18/h2-14H,15-16H2,1H3,(H,23,24). The Bertz CT molecular complexity index is 1060. The van der Waals surface area contributed by atoms with E-state index in [1.54, 1.807) is 48.5 Å². The second kappa shape index (κ2) is 9.25. The third-order valence-electron chi connectivity index (χ3n) is 4.15. The molecule has 0 saturated carbocycles. The van der Waals surface area contributed by atoms with Gasteiger partial charge in [-0.05, 0) is 48.5 Å². The summed E-state index contributed by atoms with van der Waals surface area (Å²) in [5.74, 6) is 0.969. The molecule has 3 rings (SSSR count). The molecule has 150 valence electrons. The van der Waals surface area contributed by atoms with Crippen LogP contribution in [0.3, 0.4) is 0 Å². The van der Waals surface area contributed by atoms with Gasteiger partial charge in [0.2, 0.25) is 5.91 Å². The van der Waals surface area contributed by atoms with E-state index in [0.29, 0.717) is 22.9 Å². The average Bonchev–Trinajstić information content (AvgIpc) is 2.74. The number of amides is 1. The van der Waals surface area contributed by atoms with E-state index < -0.39 is 15.7 Å². The number of benzene rings is 3. The molecule has 3 aromatic rings. The first kappa shape index (κ1) is 20.4. The summed E-state index contributed by atoms with van der Waals surface area (Å²) < 4.78 is 35.7. The number of nitrogens with one attached hydrogen (secondary N) is 1. The van der Waals surface area contributed by atoms with Crippen molar-refractivity contribution in [1.82, 2.24) is 0 Å². The largest absolute Gasteiger partial charge is 0.497 e. The highest BCUT2D eigenvalue weighted by Gasteiger charge is 2.17. The molecule has 0 aliphatic heterocycles. The predicted octanol–water partition coefficient (Wildman–Crippen LogP) is 4.29. The van der Waals surface area contributed by atoms with Gasteiger partial charge in [0.1, 0.15) is 11.5 Å². The fourth-order valence-electron chi connectivity index (χ4n) is 2.62. The highest BCUT2D eigenvalue weighted by atomic mass is 32.2. The normalized spacial score (nSPS) is 10.9. The zero-order valence-electron chi connectivity index (χ0n) is 15.9. The number of carbonyl (C=O) groups excluding carboxylic acids is 1. The number of carbonyl (C=O) groups is 1. The highest BCUT2D eigenvalue weighted by molar-refractivity contribution is 7.91. The summed E-state index contributed by atoms with van der Waals surface area (Å²) >= 11 is 0. The van der Waals surface area contributed by atoms with Crippen LogP contribution in [0.2, 0.25) is 0 Å². The van der Waals surface area contributed by atoms with Gasteiger partial charge >= 0.3 is 0 Å². The SMILES string of the molecule is COc1ccc(S(=O)(=O)CCC(=O)Nc2ccccc2Oc2ccccc2)cc1. The Morgan fingerprint density at radius 1 is 0.862 bits per heavy atom. The van der Waals surface area contributed by atoms with Crippen LogP contribution in [0.5, 0.6) is 17.2 Å². The van der Waals surface area contributed by atoms with Crippen LogP contribution in [0.25, 0.3) is 0 Å². The first-order valence-electron chi connectivity index (χ1n) is 8.96. The second-order valence-electron chi connectivity index (χ2n) is 6.20. The molecule has 0 aliphatic rings. The molecule has 0 spiro atoms. The van der Waals surface area contributed by atoms with E-state index in [4.69, 9.17) is 9.47 Å². The Hall–Kier alpha value is -3.32. The van der Waals surface area contributed by atoms with Gasteiger partial charge in [0.05, 0.1) is 23.4 Å². The van der Waals surface area contributed by atoms with Gasteiger partial charge in [0.15, 0.2) is 15.6 Å². The topological polar surface area (TPSA) is 81.7 Å². The predicted molar refractivity (Wildman–Crippen MR) is 111 cm³/mol. The van der Waals surface area contributed by atoms with Gasteiger partial charge < -0.3 is 14.8 Å². The van der Waals surface area contributed by atoms with Crippen molar-refractivity contribution >= 4 is 21.4 Å². The van der Waals surface area contributed by atoms with E-state index in [1.807, 2.05) is 18.2 Å². The smallest absolute Gasteiger partial charge is 0.225 e. The first-order valence-corrected chi connectivity index (χ1v) is 10.6. The van der Waals surface area contributed by atoms with E-state index in [2.05, 4.69) is 5.32 Å². The number of methoxy groups -OCH3 is 1. The van der Waals surface area contributed by atoms with Crippen molar-refractivity contribution in [2.75, 3.05) is 18.2 Å². The van der Waals surface area contributed by atoms with Crippen molar-refractivity contribution < 1.29 is 22.7 Å². The molecule has 1 N–H and O–H groups in total. The Labute approximate surface area is 170 Å². The molecular formula is C22H21NO5S. The zero-order chi connectivity index (χ0) is 20.7. The van der Waals surface area contributed by atoms with Crippen molar-refractivity contribution in [3.05, 3.63) is 78.9 Å². The van der Waals surface area contributed by atoms with Crippen LogP contribution in [0.4, 0.5) is 5.69 Å². The Morgan fingerprint density at radius 3 is 2.21 bits per heavy atom. The van der Waals surface area contributed by atoms with Crippen molar-refractivity contribution in [2.24, 2.45) is 0 Å². The van der Waals surface area contributed by atoms with E-state index in [0.717, 1.165) is 0 Å². The molecule has 6 nitrogen and oxygen atoms in total. The third kappa shape index (κ3) is 5.58. The molecular weight excluding hydrogens is 390 g/mol. The summed E-state index contributed by atoms with van der Waals surface area (Å²) in [6.45, 7) is 0. The van der Waals surface area contributed by atoms with Gasteiger partial charge in [0.25, 0.3) is 0 Å². The van der Waals surface area contributed by atoms with E-state index in [-0.39, 0.29) is 17.1 Å². The van der Waals surface area contributed by atoms with Crippen molar-refractivity contribution in [3.8, 4) is 17.2 Å². The second-order valence-corrected chi connectivity index (χ2v) is 8.31. The molecule has 0 saturated heterocycles. The molecule has 1 amide bonds. The maximum absolute atomic E-state index is 12.5. The summed E-state index contributed by atoms with van der Waals surface area (Å²) in [6, 6.07) is 22.3. The number of anilines is 1. The molecule has 0 fully saturated rings. The van der Waals surface area contributed by atoms with E-state index in [1.165, 1.54) is 19.2 Å². The molecule has 29 heavy (non-hydrogen) atoms. The Morgan fingerprint density at radius 2 is 1.52 bits per heavy atom. The van der Waals surface area contributed by atoms with Gasteiger partial charge in [0, 0.05) is 6.42 Å². The molecule has 0 heterocycles. The van der Waals surface area contributed by atoms with E-state index >= 15 is 0 Å². The minimum Gasteiger partial charge on any atom is -0.497 e. The average molecular weight is 411 g/mol. The number of hydrogen-bond donors (Lipinski definition) is 1. The number of rotatable bonds is 8. The number of sulfone groups is 1. The zero-order valence-corrected chi connectivity index (χ0v) is 16.7. The van der Waals surface area contributed by atoms with Crippen LogP contribution in [0, 0.1) is 0 Å². The van der Waals surface area contributed by atoms with Crippen molar-refractivity contribution in [1.29, 1.82) is 0 Å². The van der Waals surface area contributed by atoms with Gasteiger partial charge in [-0.1, -0.05) is 30.3 Å². The van der Waals surface area contributed by atoms with Crippen LogP contribution in [-0.2, 0) is 14.6 Å². The van der Waals surface area contributed by atoms with Gasteiger partial charge in [-0.3, -0.25) is 4.79 Å². The van der Waals surface area contributed by atoms with Crippen molar-refractivity contribution in [2.45, 2.75) is 11.3 Å². The molecule has 0 unspecified atom stereocenters. The maximum atomic E-state index is 12.5. The molecule has 0 aromatic heterocycles. The van der Waals surface area contributed by atoms with E-state index in [9.17, 15) is 13.2 Å². The van der Waals surface area contributed by atoms with Gasteiger partial charge in [-0.25, -0.2) is 8.42 Å². The molecule has 3 aromatic carbocycles. The lowest BCUT2D eigenvalue weighted by Gasteiger charge is -2.12. The van der Waals surface area contributed by atoms with Crippen LogP contribution in [0.15, 0.2) is 83.8 Å². The molecule has 0 radical (unpaired) electrons.